The number of hydrogen-bond donors (Lipinski definition) is 1. The number of benzene rings is 1. The van der Waals surface area contributed by atoms with E-state index in [0.717, 1.165) is 5.56 Å². The van der Waals surface area contributed by atoms with Gasteiger partial charge in [-0.3, -0.25) is 4.79 Å². The van der Waals surface area contributed by atoms with Crippen LogP contribution in [-0.2, 0) is 0 Å². The molecule has 2 rings (SSSR count). The lowest BCUT2D eigenvalue weighted by Crippen LogP contribution is -2.27. The second-order valence-corrected chi connectivity index (χ2v) is 5.71. The summed E-state index contributed by atoms with van der Waals surface area (Å²) < 4.78 is 0.657. The molecule has 104 valence electrons. The molecule has 2 aromatic rings. The standard InChI is InChI=1S/C16H17BrN2O/c1-10-7-8-11(2)13(9-10)12(3)18-16(20)14-5-4-6-15(17)19-14/h4-9,12H,1-3H3,(H,18,20). The van der Waals surface area contributed by atoms with Gasteiger partial charge in [0, 0.05) is 0 Å². The molecule has 3 nitrogen and oxygen atoms in total. The first-order valence-corrected chi connectivity index (χ1v) is 7.27. The predicted molar refractivity (Wildman–Crippen MR) is 83.7 cm³/mol. The highest BCUT2D eigenvalue weighted by atomic mass is 79.9. The summed E-state index contributed by atoms with van der Waals surface area (Å²) in [6.07, 6.45) is 0. The van der Waals surface area contributed by atoms with E-state index in [2.05, 4.69) is 51.4 Å². The first kappa shape index (κ1) is 14.7. The lowest BCUT2D eigenvalue weighted by atomic mass is 10.00. The molecule has 1 amide bonds. The smallest absolute Gasteiger partial charge is 0.270 e. The van der Waals surface area contributed by atoms with Crippen LogP contribution in [0.5, 0.6) is 0 Å². The molecule has 0 aliphatic rings. The summed E-state index contributed by atoms with van der Waals surface area (Å²) in [4.78, 5) is 16.3. The van der Waals surface area contributed by atoms with Gasteiger partial charge in [0.1, 0.15) is 10.3 Å². The van der Waals surface area contributed by atoms with Gasteiger partial charge in [-0.2, -0.15) is 0 Å². The van der Waals surface area contributed by atoms with Gasteiger partial charge in [-0.15, -0.1) is 0 Å². The summed E-state index contributed by atoms with van der Waals surface area (Å²) in [5, 5.41) is 2.99. The minimum Gasteiger partial charge on any atom is -0.344 e. The third-order valence-corrected chi connectivity index (χ3v) is 3.64. The van der Waals surface area contributed by atoms with Crippen LogP contribution in [0.1, 0.15) is 40.1 Å². The number of nitrogens with zero attached hydrogens (tertiary/aromatic N) is 1. The molecular formula is C16H17BrN2O. The zero-order valence-corrected chi connectivity index (χ0v) is 13.4. The van der Waals surface area contributed by atoms with Crippen molar-refractivity contribution in [1.29, 1.82) is 0 Å². The van der Waals surface area contributed by atoms with Gasteiger partial charge in [-0.25, -0.2) is 4.98 Å². The van der Waals surface area contributed by atoms with Gasteiger partial charge in [0.15, 0.2) is 0 Å². The number of rotatable bonds is 3. The number of aromatic nitrogens is 1. The van der Waals surface area contributed by atoms with Gasteiger partial charge in [0.25, 0.3) is 5.91 Å². The summed E-state index contributed by atoms with van der Waals surface area (Å²) in [6.45, 7) is 6.08. The molecule has 0 fully saturated rings. The number of nitrogens with one attached hydrogen (secondary N) is 1. The molecule has 0 spiro atoms. The Morgan fingerprint density at radius 2 is 2.00 bits per heavy atom. The quantitative estimate of drug-likeness (QED) is 0.864. The molecule has 0 aliphatic carbocycles. The van der Waals surface area contributed by atoms with Crippen molar-refractivity contribution in [3.8, 4) is 0 Å². The fraction of sp³-hybridized carbons (Fsp3) is 0.250. The van der Waals surface area contributed by atoms with E-state index in [1.54, 1.807) is 18.2 Å². The molecular weight excluding hydrogens is 316 g/mol. The monoisotopic (exact) mass is 332 g/mol. The Kier molecular flexibility index (Phi) is 4.55. The van der Waals surface area contributed by atoms with Crippen LogP contribution in [-0.4, -0.2) is 10.9 Å². The first-order valence-electron chi connectivity index (χ1n) is 6.48. The average molecular weight is 333 g/mol. The van der Waals surface area contributed by atoms with Crippen molar-refractivity contribution in [3.05, 3.63) is 63.4 Å². The summed E-state index contributed by atoms with van der Waals surface area (Å²) in [6, 6.07) is 11.5. The van der Waals surface area contributed by atoms with Crippen LogP contribution in [0.25, 0.3) is 0 Å². The number of carbonyl (C=O) groups excluding carboxylic acids is 1. The van der Waals surface area contributed by atoms with Crippen molar-refractivity contribution in [3.63, 3.8) is 0 Å². The van der Waals surface area contributed by atoms with Crippen molar-refractivity contribution in [2.24, 2.45) is 0 Å². The molecule has 1 N–H and O–H groups in total. The third-order valence-electron chi connectivity index (χ3n) is 3.20. The highest BCUT2D eigenvalue weighted by Gasteiger charge is 2.14. The van der Waals surface area contributed by atoms with Crippen LogP contribution in [0.15, 0.2) is 41.0 Å². The maximum absolute atomic E-state index is 12.2. The zero-order chi connectivity index (χ0) is 14.7. The first-order chi connectivity index (χ1) is 9.47. The summed E-state index contributed by atoms with van der Waals surface area (Å²) in [7, 11) is 0. The van der Waals surface area contributed by atoms with Gasteiger partial charge in [0.05, 0.1) is 6.04 Å². The van der Waals surface area contributed by atoms with Gasteiger partial charge < -0.3 is 5.32 Å². The van der Waals surface area contributed by atoms with E-state index in [9.17, 15) is 4.79 Å². The molecule has 0 aliphatic heterocycles. The third kappa shape index (κ3) is 3.45. The Morgan fingerprint density at radius 3 is 2.70 bits per heavy atom. The number of pyridine rings is 1. The number of amides is 1. The molecule has 1 aromatic carbocycles. The SMILES string of the molecule is Cc1ccc(C)c(C(C)NC(=O)c2cccc(Br)n2)c1. The molecule has 0 saturated carbocycles. The summed E-state index contributed by atoms with van der Waals surface area (Å²) in [5.74, 6) is -0.167. The van der Waals surface area contributed by atoms with Crippen LogP contribution >= 0.6 is 15.9 Å². The van der Waals surface area contributed by atoms with Gasteiger partial charge >= 0.3 is 0 Å². The van der Waals surface area contributed by atoms with Gasteiger partial charge in [-0.05, 0) is 60.0 Å². The van der Waals surface area contributed by atoms with E-state index in [4.69, 9.17) is 0 Å². The number of aryl methyl sites for hydroxylation is 2. The zero-order valence-electron chi connectivity index (χ0n) is 11.8. The summed E-state index contributed by atoms with van der Waals surface area (Å²) in [5.41, 5.74) is 3.91. The minimum absolute atomic E-state index is 0.0526. The second-order valence-electron chi connectivity index (χ2n) is 4.90. The molecule has 0 saturated heterocycles. The number of hydrogen-bond acceptors (Lipinski definition) is 2. The Hall–Kier alpha value is -1.68. The van der Waals surface area contributed by atoms with Crippen molar-refractivity contribution in [1.82, 2.24) is 10.3 Å². The Bertz CT molecular complexity index is 640. The lowest BCUT2D eigenvalue weighted by Gasteiger charge is -2.17. The molecule has 0 radical (unpaired) electrons. The Morgan fingerprint density at radius 1 is 1.25 bits per heavy atom. The minimum atomic E-state index is -0.167. The van der Waals surface area contributed by atoms with E-state index >= 15 is 0 Å². The molecule has 0 bridgehead atoms. The lowest BCUT2D eigenvalue weighted by molar-refractivity contribution is 0.0934. The van der Waals surface area contributed by atoms with Crippen molar-refractivity contribution >= 4 is 21.8 Å². The normalized spacial score (nSPS) is 12.0. The largest absolute Gasteiger partial charge is 0.344 e. The van der Waals surface area contributed by atoms with E-state index in [1.807, 2.05) is 13.8 Å². The van der Waals surface area contributed by atoms with E-state index < -0.39 is 0 Å². The number of carbonyl (C=O) groups is 1. The van der Waals surface area contributed by atoms with Crippen LogP contribution < -0.4 is 5.32 Å². The number of halogens is 1. The molecule has 1 unspecified atom stereocenters. The highest BCUT2D eigenvalue weighted by Crippen LogP contribution is 2.19. The molecule has 1 atom stereocenters. The van der Waals surface area contributed by atoms with Crippen molar-refractivity contribution in [2.75, 3.05) is 0 Å². The molecule has 1 aromatic heterocycles. The van der Waals surface area contributed by atoms with Gasteiger partial charge in [-0.1, -0.05) is 29.8 Å². The Labute approximate surface area is 127 Å². The van der Waals surface area contributed by atoms with Crippen LogP contribution in [0.4, 0.5) is 0 Å². The molecule has 1 heterocycles. The fourth-order valence-electron chi connectivity index (χ4n) is 2.11. The van der Waals surface area contributed by atoms with Crippen LogP contribution in [0.2, 0.25) is 0 Å². The second kappa shape index (κ2) is 6.18. The van der Waals surface area contributed by atoms with Crippen molar-refractivity contribution in [2.45, 2.75) is 26.8 Å². The predicted octanol–water partition coefficient (Wildman–Crippen LogP) is 3.95. The fourth-order valence-corrected chi connectivity index (χ4v) is 2.45. The maximum Gasteiger partial charge on any atom is 0.270 e. The maximum atomic E-state index is 12.2. The van der Waals surface area contributed by atoms with Crippen LogP contribution in [0.3, 0.4) is 0 Å². The summed E-state index contributed by atoms with van der Waals surface area (Å²) >= 11 is 3.27. The van der Waals surface area contributed by atoms with E-state index in [1.165, 1.54) is 11.1 Å². The van der Waals surface area contributed by atoms with Crippen molar-refractivity contribution < 1.29 is 4.79 Å². The average Bonchev–Trinajstić information content (AvgIpc) is 2.41. The molecule has 4 heteroatoms. The Balaban J connectivity index is 2.17. The van der Waals surface area contributed by atoms with Crippen LogP contribution in [0, 0.1) is 13.8 Å². The van der Waals surface area contributed by atoms with E-state index in [-0.39, 0.29) is 11.9 Å². The van der Waals surface area contributed by atoms with E-state index in [0.29, 0.717) is 10.3 Å². The highest BCUT2D eigenvalue weighted by molar-refractivity contribution is 9.10. The molecule has 20 heavy (non-hydrogen) atoms. The van der Waals surface area contributed by atoms with Gasteiger partial charge in [0.2, 0.25) is 0 Å². The topological polar surface area (TPSA) is 42.0 Å².